The molecule has 0 spiro atoms. The topological polar surface area (TPSA) is 33.4 Å². The molecule has 0 atom stereocenters. The van der Waals surface area contributed by atoms with Gasteiger partial charge >= 0.3 is 6.03 Å². The van der Waals surface area contributed by atoms with Crippen molar-refractivity contribution >= 4 is 18.7 Å². The van der Waals surface area contributed by atoms with Crippen molar-refractivity contribution in [3.8, 4) is 0 Å². The summed E-state index contributed by atoms with van der Waals surface area (Å²) in [6.45, 7) is 2.60. The van der Waals surface area contributed by atoms with Crippen molar-refractivity contribution in [1.82, 2.24) is 4.90 Å². The number of carbonyl (C=O) groups is 1. The third kappa shape index (κ3) is 3.20. The highest BCUT2D eigenvalue weighted by atomic mass is 32.1. The summed E-state index contributed by atoms with van der Waals surface area (Å²) < 4.78 is 6.84. The van der Waals surface area contributed by atoms with Gasteiger partial charge in [0.2, 0.25) is 0 Å². The normalized spacial score (nSPS) is 15.9. The predicted molar refractivity (Wildman–Crippen MR) is 67.4 cm³/mol. The van der Waals surface area contributed by atoms with Crippen LogP contribution in [0.25, 0.3) is 0 Å². The first-order valence-corrected chi connectivity index (χ1v) is 6.42. The van der Waals surface area contributed by atoms with E-state index in [1.165, 1.54) is 5.56 Å². The summed E-state index contributed by atoms with van der Waals surface area (Å²) in [5.41, 5.74) is 1.20. The lowest BCUT2D eigenvalue weighted by atomic mass is 10.2. The second-order valence-electron chi connectivity index (χ2n) is 3.97. The van der Waals surface area contributed by atoms with Crippen molar-refractivity contribution < 1.29 is 14.1 Å². The zero-order valence-electron chi connectivity index (χ0n) is 9.71. The Morgan fingerprint density at radius 1 is 1.35 bits per heavy atom. The SMILES string of the molecule is O=C(N1CCOCC1)[n+]1ccc(CCS)cc1. The predicted octanol–water partition coefficient (Wildman–Crippen LogP) is 0.747. The van der Waals surface area contributed by atoms with E-state index in [-0.39, 0.29) is 6.03 Å². The molecule has 1 amide bonds. The highest BCUT2D eigenvalue weighted by Gasteiger charge is 2.26. The van der Waals surface area contributed by atoms with Crippen LogP contribution < -0.4 is 4.57 Å². The molecular weight excluding hydrogens is 236 g/mol. The summed E-state index contributed by atoms with van der Waals surface area (Å²) in [5.74, 6) is 0.821. The van der Waals surface area contributed by atoms with E-state index >= 15 is 0 Å². The van der Waals surface area contributed by atoms with Crippen molar-refractivity contribution in [2.75, 3.05) is 32.1 Å². The lowest BCUT2D eigenvalue weighted by Gasteiger charge is -2.19. The monoisotopic (exact) mass is 253 g/mol. The number of hydrogen-bond donors (Lipinski definition) is 1. The van der Waals surface area contributed by atoms with E-state index in [1.807, 2.05) is 29.4 Å². The largest absolute Gasteiger partial charge is 0.498 e. The molecule has 2 rings (SSSR count). The summed E-state index contributed by atoms with van der Waals surface area (Å²) in [5, 5.41) is 0. The summed E-state index contributed by atoms with van der Waals surface area (Å²) >= 11 is 4.19. The van der Waals surface area contributed by atoms with Crippen LogP contribution in [0.3, 0.4) is 0 Å². The fraction of sp³-hybridized carbons (Fsp3) is 0.500. The minimum atomic E-state index is 0.0192. The van der Waals surface area contributed by atoms with Crippen LogP contribution in [0.15, 0.2) is 24.5 Å². The van der Waals surface area contributed by atoms with E-state index in [0.717, 1.165) is 12.2 Å². The zero-order valence-corrected chi connectivity index (χ0v) is 10.6. The van der Waals surface area contributed by atoms with Crippen LogP contribution in [0, 0.1) is 0 Å². The van der Waals surface area contributed by atoms with Gasteiger partial charge in [-0.05, 0) is 29.9 Å². The number of carbonyl (C=O) groups excluding carboxylic acids is 1. The van der Waals surface area contributed by atoms with Crippen LogP contribution in [-0.2, 0) is 11.2 Å². The fourth-order valence-corrected chi connectivity index (χ4v) is 2.06. The first-order chi connectivity index (χ1) is 8.31. The highest BCUT2D eigenvalue weighted by Crippen LogP contribution is 2.00. The summed E-state index contributed by atoms with van der Waals surface area (Å²) in [6.07, 6.45) is 4.56. The van der Waals surface area contributed by atoms with E-state index in [2.05, 4.69) is 12.6 Å². The molecule has 1 aromatic rings. The van der Waals surface area contributed by atoms with Crippen molar-refractivity contribution in [3.63, 3.8) is 0 Å². The van der Waals surface area contributed by atoms with Crippen LogP contribution in [0.5, 0.6) is 0 Å². The van der Waals surface area contributed by atoms with Gasteiger partial charge in [0.15, 0.2) is 0 Å². The highest BCUT2D eigenvalue weighted by molar-refractivity contribution is 7.80. The second-order valence-corrected chi connectivity index (χ2v) is 4.42. The fourth-order valence-electron chi connectivity index (χ4n) is 1.80. The Kier molecular flexibility index (Phi) is 4.39. The van der Waals surface area contributed by atoms with Gasteiger partial charge in [-0.1, -0.05) is 0 Å². The molecule has 0 unspecified atom stereocenters. The Balaban J connectivity index is 2.03. The Labute approximate surface area is 107 Å². The number of hydrogen-bond acceptors (Lipinski definition) is 3. The van der Waals surface area contributed by atoms with Crippen molar-refractivity contribution in [3.05, 3.63) is 30.1 Å². The van der Waals surface area contributed by atoms with E-state index in [1.54, 1.807) is 4.57 Å². The molecule has 4 nitrogen and oxygen atoms in total. The number of aromatic nitrogens is 1. The molecule has 1 aromatic heterocycles. The quantitative estimate of drug-likeness (QED) is 0.623. The average molecular weight is 253 g/mol. The number of amides is 1. The van der Waals surface area contributed by atoms with Gasteiger partial charge in [0.05, 0.1) is 25.6 Å². The van der Waals surface area contributed by atoms with Gasteiger partial charge in [0.1, 0.15) is 13.1 Å². The molecule has 0 radical (unpaired) electrons. The Hall–Kier alpha value is -1.07. The van der Waals surface area contributed by atoms with Gasteiger partial charge in [0, 0.05) is 0 Å². The van der Waals surface area contributed by atoms with E-state index < -0.39 is 0 Å². The molecule has 0 bridgehead atoms. The summed E-state index contributed by atoms with van der Waals surface area (Å²) in [6, 6.07) is 3.95. The van der Waals surface area contributed by atoms with Crippen LogP contribution in [0.4, 0.5) is 4.79 Å². The maximum atomic E-state index is 12.1. The smallest absolute Gasteiger partial charge is 0.373 e. The zero-order chi connectivity index (χ0) is 12.1. The minimum Gasteiger partial charge on any atom is -0.373 e. The van der Waals surface area contributed by atoms with Gasteiger partial charge in [-0.2, -0.15) is 22.0 Å². The van der Waals surface area contributed by atoms with Crippen LogP contribution >= 0.6 is 12.6 Å². The van der Waals surface area contributed by atoms with Gasteiger partial charge < -0.3 is 4.74 Å². The first-order valence-electron chi connectivity index (χ1n) is 5.79. The molecule has 17 heavy (non-hydrogen) atoms. The van der Waals surface area contributed by atoms with Crippen LogP contribution in [0.1, 0.15) is 5.56 Å². The number of aryl methyl sites for hydroxylation is 1. The van der Waals surface area contributed by atoms with Crippen molar-refractivity contribution in [1.29, 1.82) is 0 Å². The van der Waals surface area contributed by atoms with Gasteiger partial charge in [-0.3, -0.25) is 0 Å². The van der Waals surface area contributed by atoms with E-state index in [9.17, 15) is 4.79 Å². The standard InChI is InChI=1S/C12H16N2O2S/c15-12(14-6-8-16-9-7-14)13-4-1-11(2-5-13)3-10-17/h1-2,4-5H,3,6-10H2/p+1. The molecule has 0 aromatic carbocycles. The number of ether oxygens (including phenoxy) is 1. The number of rotatable bonds is 2. The molecule has 2 heterocycles. The lowest BCUT2D eigenvalue weighted by molar-refractivity contribution is -0.578. The molecule has 1 fully saturated rings. The molecule has 0 N–H and O–H groups in total. The lowest BCUT2D eigenvalue weighted by Crippen LogP contribution is -2.55. The maximum absolute atomic E-state index is 12.1. The third-order valence-electron chi connectivity index (χ3n) is 2.80. The molecule has 0 saturated carbocycles. The maximum Gasteiger partial charge on any atom is 0.498 e. The third-order valence-corrected chi connectivity index (χ3v) is 3.02. The molecule has 1 aliphatic rings. The van der Waals surface area contributed by atoms with Crippen molar-refractivity contribution in [2.45, 2.75) is 6.42 Å². The Bertz CT molecular complexity index is 375. The number of nitrogens with zero attached hydrogens (tertiary/aromatic N) is 2. The van der Waals surface area contributed by atoms with Gasteiger partial charge in [-0.15, -0.1) is 0 Å². The average Bonchev–Trinajstić information content (AvgIpc) is 2.40. The molecule has 0 aliphatic carbocycles. The number of thiol groups is 1. The summed E-state index contributed by atoms with van der Waals surface area (Å²) in [7, 11) is 0. The number of pyridine rings is 1. The van der Waals surface area contributed by atoms with Crippen LogP contribution in [0.2, 0.25) is 0 Å². The molecule has 92 valence electrons. The van der Waals surface area contributed by atoms with Gasteiger partial charge in [0.25, 0.3) is 0 Å². The summed E-state index contributed by atoms with van der Waals surface area (Å²) in [4.78, 5) is 13.9. The minimum absolute atomic E-state index is 0.0192. The first kappa shape index (κ1) is 12.4. The molecule has 1 aliphatic heterocycles. The van der Waals surface area contributed by atoms with Crippen molar-refractivity contribution in [2.24, 2.45) is 0 Å². The van der Waals surface area contributed by atoms with E-state index in [0.29, 0.717) is 26.3 Å². The van der Waals surface area contributed by atoms with Gasteiger partial charge in [-0.25, -0.2) is 4.90 Å². The molecule has 5 heteroatoms. The number of morpholine rings is 1. The Morgan fingerprint density at radius 2 is 2.00 bits per heavy atom. The molecule has 1 saturated heterocycles. The second kappa shape index (κ2) is 6.02. The molecular formula is C12H17N2O2S+. The Morgan fingerprint density at radius 3 is 2.59 bits per heavy atom. The van der Waals surface area contributed by atoms with Crippen LogP contribution in [-0.4, -0.2) is 43.0 Å². The van der Waals surface area contributed by atoms with E-state index in [4.69, 9.17) is 4.74 Å².